The van der Waals surface area contributed by atoms with Crippen molar-refractivity contribution in [2.24, 2.45) is 0 Å². The van der Waals surface area contributed by atoms with E-state index in [0.29, 0.717) is 5.56 Å². The Morgan fingerprint density at radius 1 is 1.13 bits per heavy atom. The lowest BCUT2D eigenvalue weighted by Gasteiger charge is -2.09. The summed E-state index contributed by atoms with van der Waals surface area (Å²) in [5.41, 5.74) is -0.131. The van der Waals surface area contributed by atoms with Crippen LogP contribution in [0.15, 0.2) is 18.2 Å². The lowest BCUT2D eigenvalue weighted by molar-refractivity contribution is -0.119. The molecule has 30 heavy (non-hydrogen) atoms. The summed E-state index contributed by atoms with van der Waals surface area (Å²) in [7, 11) is 1.43. The SMILES string of the molecule is CCOC(=O)c1c(NC(=O)COC(=O)c2c(F)cccc2Cl)sc(C(=O)NC)c1C. The van der Waals surface area contributed by atoms with Gasteiger partial charge in [0.05, 0.1) is 22.1 Å². The van der Waals surface area contributed by atoms with Crippen molar-refractivity contribution in [2.45, 2.75) is 13.8 Å². The highest BCUT2D eigenvalue weighted by molar-refractivity contribution is 7.18. The molecule has 0 fully saturated rings. The Morgan fingerprint density at radius 3 is 2.40 bits per heavy atom. The molecule has 0 aliphatic rings. The number of esters is 2. The lowest BCUT2D eigenvalue weighted by atomic mass is 10.1. The van der Waals surface area contributed by atoms with E-state index in [0.717, 1.165) is 17.4 Å². The molecule has 1 aromatic heterocycles. The second-order valence-corrected chi connectivity index (χ2v) is 7.21. The standard InChI is InChI=1S/C19H18ClFN2O6S/c1-4-28-18(26)13-9(2)15(16(25)22-3)30-17(13)23-12(24)8-29-19(27)14-10(20)6-5-7-11(14)21/h5-7H,4,8H2,1-3H3,(H,22,25)(H,23,24). The van der Waals surface area contributed by atoms with Crippen LogP contribution in [0.2, 0.25) is 5.02 Å². The first kappa shape index (κ1) is 23.3. The molecule has 0 aliphatic heterocycles. The van der Waals surface area contributed by atoms with Crippen molar-refractivity contribution < 1.29 is 33.0 Å². The number of hydrogen-bond acceptors (Lipinski definition) is 7. The Hall–Kier alpha value is -2.98. The van der Waals surface area contributed by atoms with Gasteiger partial charge in [-0.3, -0.25) is 9.59 Å². The minimum atomic E-state index is -1.12. The molecule has 0 radical (unpaired) electrons. The summed E-state index contributed by atoms with van der Waals surface area (Å²) in [5, 5.41) is 4.77. The quantitative estimate of drug-likeness (QED) is 0.619. The molecule has 0 atom stereocenters. The molecule has 0 aliphatic carbocycles. The fraction of sp³-hybridized carbons (Fsp3) is 0.263. The number of nitrogens with one attached hydrogen (secondary N) is 2. The zero-order valence-electron chi connectivity index (χ0n) is 16.3. The van der Waals surface area contributed by atoms with Gasteiger partial charge in [0.25, 0.3) is 11.8 Å². The van der Waals surface area contributed by atoms with Crippen LogP contribution < -0.4 is 10.6 Å². The monoisotopic (exact) mass is 456 g/mol. The van der Waals surface area contributed by atoms with Gasteiger partial charge in [0.15, 0.2) is 6.61 Å². The molecule has 2 amide bonds. The van der Waals surface area contributed by atoms with E-state index < -0.39 is 41.7 Å². The van der Waals surface area contributed by atoms with E-state index >= 15 is 0 Å². The maximum atomic E-state index is 13.8. The Kier molecular flexibility index (Phi) is 7.90. The van der Waals surface area contributed by atoms with E-state index in [4.69, 9.17) is 21.1 Å². The van der Waals surface area contributed by atoms with Gasteiger partial charge in [0.1, 0.15) is 16.4 Å². The van der Waals surface area contributed by atoms with Crippen LogP contribution in [-0.2, 0) is 14.3 Å². The predicted molar refractivity (Wildman–Crippen MR) is 109 cm³/mol. The molecule has 2 rings (SSSR count). The van der Waals surface area contributed by atoms with Gasteiger partial charge in [-0.05, 0) is 31.5 Å². The summed E-state index contributed by atoms with van der Waals surface area (Å²) in [5.74, 6) is -3.96. The van der Waals surface area contributed by atoms with Crippen LogP contribution in [0.25, 0.3) is 0 Å². The zero-order chi connectivity index (χ0) is 22.4. The minimum Gasteiger partial charge on any atom is -0.462 e. The van der Waals surface area contributed by atoms with Crippen molar-refractivity contribution in [2.75, 3.05) is 25.6 Å². The zero-order valence-corrected chi connectivity index (χ0v) is 17.8. The van der Waals surface area contributed by atoms with Gasteiger partial charge in [0.2, 0.25) is 0 Å². The fourth-order valence-corrected chi connectivity index (χ4v) is 3.84. The third-order valence-corrected chi connectivity index (χ3v) is 5.33. The maximum Gasteiger partial charge on any atom is 0.343 e. The topological polar surface area (TPSA) is 111 Å². The summed E-state index contributed by atoms with van der Waals surface area (Å²) in [6, 6.07) is 3.66. The molecular weight excluding hydrogens is 439 g/mol. The maximum absolute atomic E-state index is 13.8. The summed E-state index contributed by atoms with van der Waals surface area (Å²) in [6.07, 6.45) is 0. The normalized spacial score (nSPS) is 10.3. The van der Waals surface area contributed by atoms with Crippen LogP contribution in [0.1, 0.15) is 42.9 Å². The predicted octanol–water partition coefficient (Wildman–Crippen LogP) is 3.18. The molecule has 1 aromatic carbocycles. The molecule has 0 saturated carbocycles. The second-order valence-electron chi connectivity index (χ2n) is 5.78. The number of carbonyl (C=O) groups excluding carboxylic acids is 4. The van der Waals surface area contributed by atoms with E-state index in [2.05, 4.69) is 10.6 Å². The van der Waals surface area contributed by atoms with Crippen LogP contribution in [0.3, 0.4) is 0 Å². The first-order valence-electron chi connectivity index (χ1n) is 8.64. The van der Waals surface area contributed by atoms with Crippen LogP contribution >= 0.6 is 22.9 Å². The molecule has 2 aromatic rings. The van der Waals surface area contributed by atoms with Crippen LogP contribution in [-0.4, -0.2) is 44.0 Å². The van der Waals surface area contributed by atoms with Crippen molar-refractivity contribution in [1.29, 1.82) is 0 Å². The molecule has 0 unspecified atom stereocenters. The van der Waals surface area contributed by atoms with Crippen LogP contribution in [0.5, 0.6) is 0 Å². The lowest BCUT2D eigenvalue weighted by Crippen LogP contribution is -2.22. The first-order chi connectivity index (χ1) is 14.2. The van der Waals surface area contributed by atoms with Crippen molar-refractivity contribution in [1.82, 2.24) is 5.32 Å². The number of halogens is 2. The van der Waals surface area contributed by atoms with Crippen LogP contribution in [0.4, 0.5) is 9.39 Å². The third kappa shape index (κ3) is 5.14. The molecule has 160 valence electrons. The Balaban J connectivity index is 2.18. The number of rotatable bonds is 7. The molecule has 2 N–H and O–H groups in total. The second kappa shape index (κ2) is 10.2. The Morgan fingerprint density at radius 2 is 1.80 bits per heavy atom. The van der Waals surface area contributed by atoms with Crippen molar-refractivity contribution in [3.8, 4) is 0 Å². The summed E-state index contributed by atoms with van der Waals surface area (Å²) < 4.78 is 23.6. The average molecular weight is 457 g/mol. The van der Waals surface area contributed by atoms with Gasteiger partial charge in [-0.2, -0.15) is 0 Å². The van der Waals surface area contributed by atoms with Gasteiger partial charge in [-0.15, -0.1) is 11.3 Å². The van der Waals surface area contributed by atoms with Gasteiger partial charge >= 0.3 is 11.9 Å². The minimum absolute atomic E-state index is 0.0253. The van der Waals surface area contributed by atoms with E-state index in [1.165, 1.54) is 19.2 Å². The Bertz CT molecular complexity index is 987. The molecule has 1 heterocycles. The third-order valence-electron chi connectivity index (χ3n) is 3.81. The van der Waals surface area contributed by atoms with E-state index in [-0.39, 0.29) is 27.1 Å². The number of carbonyl (C=O) groups is 4. The average Bonchev–Trinajstić information content (AvgIpc) is 3.01. The summed E-state index contributed by atoms with van der Waals surface area (Å²) >= 11 is 6.66. The molecule has 0 spiro atoms. The molecule has 0 bridgehead atoms. The van der Waals surface area contributed by atoms with E-state index in [1.807, 2.05) is 0 Å². The molecule has 8 nitrogen and oxygen atoms in total. The smallest absolute Gasteiger partial charge is 0.343 e. The van der Waals surface area contributed by atoms with Gasteiger partial charge in [0, 0.05) is 7.05 Å². The van der Waals surface area contributed by atoms with Gasteiger partial charge < -0.3 is 20.1 Å². The van der Waals surface area contributed by atoms with Gasteiger partial charge in [-0.25, -0.2) is 14.0 Å². The molecule has 0 saturated heterocycles. The van der Waals surface area contributed by atoms with Gasteiger partial charge in [-0.1, -0.05) is 17.7 Å². The number of benzene rings is 1. The van der Waals surface area contributed by atoms with Crippen molar-refractivity contribution >= 4 is 51.7 Å². The largest absolute Gasteiger partial charge is 0.462 e. The van der Waals surface area contributed by atoms with E-state index in [1.54, 1.807) is 13.8 Å². The van der Waals surface area contributed by atoms with Crippen LogP contribution in [0, 0.1) is 12.7 Å². The molecular formula is C19H18ClFN2O6S. The van der Waals surface area contributed by atoms with E-state index in [9.17, 15) is 23.6 Å². The van der Waals surface area contributed by atoms with Crippen molar-refractivity contribution in [3.05, 3.63) is 50.6 Å². The highest BCUT2D eigenvalue weighted by atomic mass is 35.5. The number of amides is 2. The number of ether oxygens (including phenoxy) is 2. The number of hydrogen-bond donors (Lipinski definition) is 2. The molecule has 11 heteroatoms. The Labute approximate surface area is 180 Å². The summed E-state index contributed by atoms with van der Waals surface area (Å²) in [4.78, 5) is 48.8. The highest BCUT2D eigenvalue weighted by Crippen LogP contribution is 2.33. The first-order valence-corrected chi connectivity index (χ1v) is 9.84. The van der Waals surface area contributed by atoms with Crippen molar-refractivity contribution in [3.63, 3.8) is 0 Å². The number of anilines is 1. The highest BCUT2D eigenvalue weighted by Gasteiger charge is 2.26. The summed E-state index contributed by atoms with van der Waals surface area (Å²) in [6.45, 7) is 2.49. The number of thiophene rings is 1. The fourth-order valence-electron chi connectivity index (χ4n) is 2.44.